The second-order valence-corrected chi connectivity index (χ2v) is 6.43. The van der Waals surface area contributed by atoms with E-state index in [2.05, 4.69) is 22.1 Å². The Bertz CT molecular complexity index is 1010. The number of anilines is 1. The van der Waals surface area contributed by atoms with Crippen LogP contribution in [0.25, 0.3) is 10.9 Å². The number of rotatable bonds is 2. The summed E-state index contributed by atoms with van der Waals surface area (Å²) in [5.74, 6) is -0.288. The minimum Gasteiger partial charge on any atom is -0.368 e. The van der Waals surface area contributed by atoms with Crippen LogP contribution in [0.3, 0.4) is 0 Å². The van der Waals surface area contributed by atoms with E-state index in [1.807, 2.05) is 30.3 Å². The molecule has 2 aromatic carbocycles. The first kappa shape index (κ1) is 16.3. The summed E-state index contributed by atoms with van der Waals surface area (Å²) in [5, 5.41) is 4.78. The van der Waals surface area contributed by atoms with E-state index in [-0.39, 0.29) is 17.0 Å². The molecule has 2 heterocycles. The number of aryl methyl sites for hydroxylation is 1. The van der Waals surface area contributed by atoms with Crippen LogP contribution >= 0.6 is 0 Å². The van der Waals surface area contributed by atoms with Gasteiger partial charge < -0.3 is 9.80 Å². The van der Waals surface area contributed by atoms with Crippen LogP contribution in [-0.4, -0.2) is 46.8 Å². The monoisotopic (exact) mass is 348 g/mol. The molecule has 0 spiro atoms. The van der Waals surface area contributed by atoms with Gasteiger partial charge in [-0.2, -0.15) is 5.10 Å². The summed E-state index contributed by atoms with van der Waals surface area (Å²) in [6.07, 6.45) is 0. The molecule has 0 bridgehead atoms. The molecule has 0 saturated carbocycles. The Morgan fingerprint density at radius 2 is 1.58 bits per heavy atom. The van der Waals surface area contributed by atoms with E-state index in [1.165, 1.54) is 0 Å². The average molecular weight is 348 g/mol. The van der Waals surface area contributed by atoms with Gasteiger partial charge in [0.1, 0.15) is 0 Å². The molecule has 132 valence electrons. The van der Waals surface area contributed by atoms with Crippen LogP contribution in [0.15, 0.2) is 59.4 Å². The lowest BCUT2D eigenvalue weighted by atomic mass is 10.1. The van der Waals surface area contributed by atoms with Gasteiger partial charge in [0.05, 0.1) is 5.52 Å². The Morgan fingerprint density at radius 3 is 2.31 bits per heavy atom. The Kier molecular flexibility index (Phi) is 4.16. The first-order valence-electron chi connectivity index (χ1n) is 8.70. The summed E-state index contributed by atoms with van der Waals surface area (Å²) in [6, 6.07) is 17.4. The zero-order valence-corrected chi connectivity index (χ0v) is 14.6. The number of hydrogen-bond acceptors (Lipinski definition) is 4. The number of aromatic nitrogens is 2. The topological polar surface area (TPSA) is 58.4 Å². The zero-order valence-electron chi connectivity index (χ0n) is 14.6. The van der Waals surface area contributed by atoms with Gasteiger partial charge in [-0.25, -0.2) is 0 Å². The smallest absolute Gasteiger partial charge is 0.278 e. The van der Waals surface area contributed by atoms with Gasteiger partial charge in [-0.3, -0.25) is 14.3 Å². The standard InChI is InChI=1S/C20H20N4O2/c1-22-17-10-6-5-9-16(17)19(25)18(21-22)20(26)24-13-11-23(12-14-24)15-7-3-2-4-8-15/h2-10H,11-14H2,1H3. The number of carbonyl (C=O) groups is 1. The van der Waals surface area contributed by atoms with E-state index in [1.54, 1.807) is 28.8 Å². The molecule has 26 heavy (non-hydrogen) atoms. The molecule has 0 atom stereocenters. The van der Waals surface area contributed by atoms with Gasteiger partial charge >= 0.3 is 0 Å². The molecular weight excluding hydrogens is 328 g/mol. The summed E-state index contributed by atoms with van der Waals surface area (Å²) >= 11 is 0. The lowest BCUT2D eigenvalue weighted by Gasteiger charge is -2.35. The fraction of sp³-hybridized carbons (Fsp3) is 0.250. The third kappa shape index (κ3) is 2.83. The molecule has 6 heteroatoms. The third-order valence-electron chi connectivity index (χ3n) is 4.85. The molecule has 3 aromatic rings. The Balaban J connectivity index is 1.57. The van der Waals surface area contributed by atoms with Crippen LogP contribution in [0.4, 0.5) is 5.69 Å². The number of benzene rings is 2. The van der Waals surface area contributed by atoms with Crippen LogP contribution in [0.1, 0.15) is 10.5 Å². The van der Waals surface area contributed by atoms with E-state index < -0.39 is 0 Å². The predicted octanol–water partition coefficient (Wildman–Crippen LogP) is 1.90. The van der Waals surface area contributed by atoms with Crippen molar-refractivity contribution < 1.29 is 4.79 Å². The lowest BCUT2D eigenvalue weighted by molar-refractivity contribution is 0.0737. The third-order valence-corrected chi connectivity index (χ3v) is 4.85. The van der Waals surface area contributed by atoms with Gasteiger partial charge in [0.2, 0.25) is 5.43 Å². The number of para-hydroxylation sites is 2. The van der Waals surface area contributed by atoms with Crippen LogP contribution < -0.4 is 10.3 Å². The summed E-state index contributed by atoms with van der Waals surface area (Å²) < 4.78 is 1.60. The van der Waals surface area contributed by atoms with E-state index in [4.69, 9.17) is 0 Å². The van der Waals surface area contributed by atoms with Crippen molar-refractivity contribution in [2.45, 2.75) is 0 Å². The highest BCUT2D eigenvalue weighted by Gasteiger charge is 2.26. The van der Waals surface area contributed by atoms with Crippen LogP contribution in [0.5, 0.6) is 0 Å². The number of amides is 1. The Hall–Kier alpha value is -3.15. The summed E-state index contributed by atoms with van der Waals surface area (Å²) in [4.78, 5) is 29.6. The van der Waals surface area contributed by atoms with Crippen LogP contribution in [0, 0.1) is 0 Å². The molecule has 1 aromatic heterocycles. The van der Waals surface area contributed by atoms with Crippen molar-refractivity contribution in [1.82, 2.24) is 14.7 Å². The highest BCUT2D eigenvalue weighted by Crippen LogP contribution is 2.16. The maximum absolute atomic E-state index is 12.9. The molecule has 1 saturated heterocycles. The van der Waals surface area contributed by atoms with E-state index in [9.17, 15) is 9.59 Å². The van der Waals surface area contributed by atoms with Crippen LogP contribution in [-0.2, 0) is 7.05 Å². The zero-order chi connectivity index (χ0) is 18.1. The molecule has 1 amide bonds. The van der Waals surface area contributed by atoms with Crippen molar-refractivity contribution in [2.24, 2.45) is 7.05 Å². The minimum absolute atomic E-state index is 0.000592. The molecule has 1 aliphatic rings. The molecule has 1 aliphatic heterocycles. The number of hydrogen-bond donors (Lipinski definition) is 0. The van der Waals surface area contributed by atoms with Crippen molar-refractivity contribution in [2.75, 3.05) is 31.1 Å². The largest absolute Gasteiger partial charge is 0.368 e. The maximum atomic E-state index is 12.9. The van der Waals surface area contributed by atoms with Crippen molar-refractivity contribution in [3.8, 4) is 0 Å². The van der Waals surface area contributed by atoms with Crippen LogP contribution in [0.2, 0.25) is 0 Å². The van der Waals surface area contributed by atoms with Crippen molar-refractivity contribution in [3.05, 3.63) is 70.5 Å². The highest BCUT2D eigenvalue weighted by molar-refractivity contribution is 5.95. The molecule has 4 rings (SSSR count). The van der Waals surface area contributed by atoms with Gasteiger partial charge in [-0.05, 0) is 24.3 Å². The molecule has 1 fully saturated rings. The molecule has 0 N–H and O–H groups in total. The normalized spacial score (nSPS) is 14.7. The number of piperazine rings is 1. The molecular formula is C20H20N4O2. The molecule has 0 unspecified atom stereocenters. The predicted molar refractivity (Wildman–Crippen MR) is 102 cm³/mol. The first-order chi connectivity index (χ1) is 12.6. The number of fused-ring (bicyclic) bond motifs is 1. The minimum atomic E-state index is -0.297. The fourth-order valence-corrected chi connectivity index (χ4v) is 3.42. The van der Waals surface area contributed by atoms with E-state index in [0.29, 0.717) is 18.5 Å². The SMILES string of the molecule is Cn1nc(C(=O)N2CCN(c3ccccc3)CC2)c(=O)c2ccccc21. The molecule has 6 nitrogen and oxygen atoms in total. The Morgan fingerprint density at radius 1 is 0.923 bits per heavy atom. The van der Waals surface area contributed by atoms with E-state index >= 15 is 0 Å². The summed E-state index contributed by atoms with van der Waals surface area (Å²) in [5.41, 5.74) is 1.58. The van der Waals surface area contributed by atoms with Gasteiger partial charge in [-0.1, -0.05) is 30.3 Å². The summed E-state index contributed by atoms with van der Waals surface area (Å²) in [6.45, 7) is 2.63. The van der Waals surface area contributed by atoms with Crippen molar-refractivity contribution in [1.29, 1.82) is 0 Å². The van der Waals surface area contributed by atoms with Crippen molar-refractivity contribution >= 4 is 22.5 Å². The second-order valence-electron chi connectivity index (χ2n) is 6.43. The average Bonchev–Trinajstić information content (AvgIpc) is 2.71. The molecule has 0 aliphatic carbocycles. The van der Waals surface area contributed by atoms with Gasteiger partial charge in [0.15, 0.2) is 5.69 Å². The fourth-order valence-electron chi connectivity index (χ4n) is 3.42. The first-order valence-corrected chi connectivity index (χ1v) is 8.70. The number of nitrogens with zero attached hydrogens (tertiary/aromatic N) is 4. The maximum Gasteiger partial charge on any atom is 0.278 e. The Labute approximate surface area is 151 Å². The highest BCUT2D eigenvalue weighted by atomic mass is 16.2. The van der Waals surface area contributed by atoms with Gasteiger partial charge in [0, 0.05) is 44.3 Å². The van der Waals surface area contributed by atoms with E-state index in [0.717, 1.165) is 24.3 Å². The second kappa shape index (κ2) is 6.63. The van der Waals surface area contributed by atoms with Crippen molar-refractivity contribution in [3.63, 3.8) is 0 Å². The van der Waals surface area contributed by atoms with Gasteiger partial charge in [0.25, 0.3) is 5.91 Å². The lowest BCUT2D eigenvalue weighted by Crippen LogP contribution is -2.50. The molecule has 0 radical (unpaired) electrons. The van der Waals surface area contributed by atoms with Gasteiger partial charge in [-0.15, -0.1) is 0 Å². The number of carbonyl (C=O) groups excluding carboxylic acids is 1. The quantitative estimate of drug-likeness (QED) is 0.710. The summed E-state index contributed by atoms with van der Waals surface area (Å²) in [7, 11) is 1.76.